The number of hydrogen-bond acceptors (Lipinski definition) is 4. The second-order valence-corrected chi connectivity index (χ2v) is 7.03. The maximum atomic E-state index is 13.3. The average molecular weight is 356 g/mol. The first-order valence-corrected chi connectivity index (χ1v) is 9.08. The van der Waals surface area contributed by atoms with Gasteiger partial charge in [-0.15, -0.1) is 11.3 Å². The molecule has 25 heavy (non-hydrogen) atoms. The van der Waals surface area contributed by atoms with Crippen LogP contribution in [0, 0.1) is 5.82 Å². The summed E-state index contributed by atoms with van der Waals surface area (Å²) < 4.78 is 18.8. The summed E-state index contributed by atoms with van der Waals surface area (Å²) in [6, 6.07) is 8.09. The predicted molar refractivity (Wildman–Crippen MR) is 95.4 cm³/mol. The largest absolute Gasteiger partial charge is 0.469 e. The number of aryl methyl sites for hydroxylation is 2. The lowest BCUT2D eigenvalue weighted by atomic mass is 10.0. The molecule has 0 atom stereocenters. The van der Waals surface area contributed by atoms with Crippen molar-refractivity contribution >= 4 is 22.4 Å². The number of carbonyl (C=O) groups is 1. The van der Waals surface area contributed by atoms with Crippen LogP contribution in [0.5, 0.6) is 0 Å². The van der Waals surface area contributed by atoms with Crippen molar-refractivity contribution in [2.75, 3.05) is 11.4 Å². The zero-order valence-corrected chi connectivity index (χ0v) is 14.6. The Morgan fingerprint density at radius 3 is 3.04 bits per heavy atom. The summed E-state index contributed by atoms with van der Waals surface area (Å²) >= 11 is 1.56. The van der Waals surface area contributed by atoms with E-state index in [4.69, 9.17) is 9.40 Å². The summed E-state index contributed by atoms with van der Waals surface area (Å²) in [6.07, 6.45) is 3.59. The van der Waals surface area contributed by atoms with Crippen molar-refractivity contribution in [1.29, 1.82) is 0 Å². The van der Waals surface area contributed by atoms with Gasteiger partial charge >= 0.3 is 0 Å². The zero-order valence-electron chi connectivity index (χ0n) is 13.8. The van der Waals surface area contributed by atoms with Crippen LogP contribution < -0.4 is 4.90 Å². The summed E-state index contributed by atoms with van der Waals surface area (Å²) in [5.74, 6) is 0.552. The number of likely N-dealkylation sites (N-methyl/N-ethyl adjacent to an activating group) is 1. The number of furan rings is 1. The number of nitrogens with zero attached hydrogens (tertiary/aromatic N) is 2. The van der Waals surface area contributed by atoms with Crippen molar-refractivity contribution in [3.63, 3.8) is 0 Å². The molecule has 2 heterocycles. The number of thiazole rings is 1. The molecule has 0 saturated heterocycles. The number of fused-ring (bicyclic) bond motifs is 3. The van der Waals surface area contributed by atoms with Crippen molar-refractivity contribution < 1.29 is 13.6 Å². The molecule has 0 saturated carbocycles. The van der Waals surface area contributed by atoms with E-state index in [2.05, 4.69) is 0 Å². The van der Waals surface area contributed by atoms with Crippen LogP contribution in [0.25, 0.3) is 11.3 Å². The van der Waals surface area contributed by atoms with Crippen LogP contribution in [0.4, 0.5) is 9.52 Å². The van der Waals surface area contributed by atoms with Gasteiger partial charge in [-0.25, -0.2) is 9.37 Å². The van der Waals surface area contributed by atoms with Crippen LogP contribution >= 0.6 is 11.3 Å². The lowest BCUT2D eigenvalue weighted by Crippen LogP contribution is -2.31. The van der Waals surface area contributed by atoms with E-state index in [0.29, 0.717) is 17.2 Å². The molecule has 0 unspecified atom stereocenters. The fraction of sp³-hybridized carbons (Fsp3) is 0.263. The van der Waals surface area contributed by atoms with E-state index in [-0.39, 0.29) is 18.1 Å². The molecule has 0 radical (unpaired) electrons. The molecule has 0 N–H and O–H groups in total. The van der Waals surface area contributed by atoms with E-state index < -0.39 is 0 Å². The molecule has 1 aliphatic carbocycles. The molecule has 6 heteroatoms. The monoisotopic (exact) mass is 356 g/mol. The zero-order chi connectivity index (χ0) is 17.4. The third-order valence-corrected chi connectivity index (χ3v) is 5.50. The van der Waals surface area contributed by atoms with Crippen molar-refractivity contribution in [2.24, 2.45) is 0 Å². The minimum Gasteiger partial charge on any atom is -0.469 e. The molecule has 1 aromatic carbocycles. The quantitative estimate of drug-likeness (QED) is 0.702. The standard InChI is InChI=1S/C19H17FN2O2S/c1-2-22(17(23)11-12-4-3-5-13(20)10-12)19-21-18-14-8-9-24-15(14)6-7-16(18)25-19/h3-5,8-10H,2,6-7,11H2,1H3. The summed E-state index contributed by atoms with van der Waals surface area (Å²) in [5.41, 5.74) is 2.62. The van der Waals surface area contributed by atoms with Gasteiger partial charge in [0.05, 0.1) is 18.4 Å². The Morgan fingerprint density at radius 2 is 2.24 bits per heavy atom. The van der Waals surface area contributed by atoms with Crippen LogP contribution in [0.15, 0.2) is 41.0 Å². The fourth-order valence-electron chi connectivity index (χ4n) is 3.14. The first kappa shape index (κ1) is 16.0. The smallest absolute Gasteiger partial charge is 0.233 e. The van der Waals surface area contributed by atoms with Gasteiger partial charge in [0.15, 0.2) is 5.13 Å². The van der Waals surface area contributed by atoms with Crippen molar-refractivity contribution in [3.05, 3.63) is 58.6 Å². The molecule has 128 valence electrons. The minimum absolute atomic E-state index is 0.0772. The fourth-order valence-corrected chi connectivity index (χ4v) is 4.30. The van der Waals surface area contributed by atoms with E-state index in [1.807, 2.05) is 13.0 Å². The van der Waals surface area contributed by atoms with Gasteiger partial charge in [0.1, 0.15) is 11.6 Å². The maximum Gasteiger partial charge on any atom is 0.233 e. The number of rotatable bonds is 4. The number of aromatic nitrogens is 1. The first-order valence-electron chi connectivity index (χ1n) is 8.27. The molecule has 1 aliphatic rings. The Morgan fingerprint density at radius 1 is 1.36 bits per heavy atom. The van der Waals surface area contributed by atoms with Crippen LogP contribution in [-0.4, -0.2) is 17.4 Å². The van der Waals surface area contributed by atoms with E-state index >= 15 is 0 Å². The normalized spacial score (nSPS) is 12.6. The van der Waals surface area contributed by atoms with Gasteiger partial charge in [-0.3, -0.25) is 9.69 Å². The number of amides is 1. The van der Waals surface area contributed by atoms with Gasteiger partial charge in [-0.2, -0.15) is 0 Å². The topological polar surface area (TPSA) is 46.3 Å². The highest BCUT2D eigenvalue weighted by Gasteiger charge is 2.26. The van der Waals surface area contributed by atoms with E-state index in [1.165, 1.54) is 17.0 Å². The molecule has 3 aromatic rings. The van der Waals surface area contributed by atoms with Crippen molar-refractivity contribution in [3.8, 4) is 11.3 Å². The summed E-state index contributed by atoms with van der Waals surface area (Å²) in [6.45, 7) is 2.45. The third kappa shape index (κ3) is 2.98. The molecule has 0 aliphatic heterocycles. The van der Waals surface area contributed by atoms with E-state index in [0.717, 1.165) is 29.9 Å². The van der Waals surface area contributed by atoms with Gasteiger partial charge in [-0.05, 0) is 37.1 Å². The lowest BCUT2D eigenvalue weighted by molar-refractivity contribution is -0.117. The van der Waals surface area contributed by atoms with Crippen molar-refractivity contribution in [1.82, 2.24) is 4.98 Å². The van der Waals surface area contributed by atoms with Crippen LogP contribution in [0.2, 0.25) is 0 Å². The highest BCUT2D eigenvalue weighted by atomic mass is 32.1. The summed E-state index contributed by atoms with van der Waals surface area (Å²) in [7, 11) is 0. The molecule has 1 amide bonds. The Kier molecular flexibility index (Phi) is 4.13. The van der Waals surface area contributed by atoms with Crippen molar-refractivity contribution in [2.45, 2.75) is 26.2 Å². The molecule has 2 aromatic heterocycles. The lowest BCUT2D eigenvalue weighted by Gasteiger charge is -2.17. The van der Waals surface area contributed by atoms with Crippen LogP contribution in [0.1, 0.15) is 23.1 Å². The molecule has 0 spiro atoms. The van der Waals surface area contributed by atoms with Gasteiger partial charge < -0.3 is 4.42 Å². The van der Waals surface area contributed by atoms with Crippen LogP contribution in [-0.2, 0) is 24.1 Å². The number of hydrogen-bond donors (Lipinski definition) is 0. The number of benzene rings is 1. The third-order valence-electron chi connectivity index (χ3n) is 4.36. The van der Waals surface area contributed by atoms with Gasteiger partial charge in [-0.1, -0.05) is 12.1 Å². The SMILES string of the molecule is CCN(C(=O)Cc1cccc(F)c1)c1nc2c(s1)CCc1occc1-2. The highest BCUT2D eigenvalue weighted by molar-refractivity contribution is 7.16. The average Bonchev–Trinajstić information content (AvgIpc) is 3.21. The molecule has 0 fully saturated rings. The molecular weight excluding hydrogens is 339 g/mol. The Hall–Kier alpha value is -2.47. The highest BCUT2D eigenvalue weighted by Crippen LogP contribution is 2.39. The van der Waals surface area contributed by atoms with E-state index in [9.17, 15) is 9.18 Å². The molecule has 4 nitrogen and oxygen atoms in total. The maximum absolute atomic E-state index is 13.3. The Labute approximate surface area is 148 Å². The molecule has 0 bridgehead atoms. The number of carbonyl (C=O) groups excluding carboxylic acids is 1. The predicted octanol–water partition coefficient (Wildman–Crippen LogP) is 4.24. The molecular formula is C19H17FN2O2S. The number of halogens is 1. The number of anilines is 1. The van der Waals surface area contributed by atoms with Gasteiger partial charge in [0, 0.05) is 23.4 Å². The Bertz CT molecular complexity index is 931. The van der Waals surface area contributed by atoms with Gasteiger partial charge in [0.25, 0.3) is 0 Å². The summed E-state index contributed by atoms with van der Waals surface area (Å²) in [5, 5.41) is 0.697. The first-order chi connectivity index (χ1) is 12.2. The second kappa shape index (κ2) is 6.44. The minimum atomic E-state index is -0.328. The van der Waals surface area contributed by atoms with Gasteiger partial charge in [0.2, 0.25) is 5.91 Å². The van der Waals surface area contributed by atoms with E-state index in [1.54, 1.807) is 34.6 Å². The Balaban J connectivity index is 1.61. The molecule has 4 rings (SSSR count). The van der Waals surface area contributed by atoms with Crippen LogP contribution in [0.3, 0.4) is 0 Å². The summed E-state index contributed by atoms with van der Waals surface area (Å²) in [4.78, 5) is 20.3. The second-order valence-electron chi connectivity index (χ2n) is 5.97.